The normalized spacial score (nSPS) is 32.7. The van der Waals surface area contributed by atoms with Crippen molar-refractivity contribution in [3.8, 4) is 33.4 Å². The van der Waals surface area contributed by atoms with E-state index in [2.05, 4.69) is 33.2 Å². The van der Waals surface area contributed by atoms with Gasteiger partial charge in [-0.15, -0.1) is 0 Å². The highest BCUT2D eigenvalue weighted by Gasteiger charge is 2.57. The SMILES string of the molecule is C[C@H]1OC(=O)[C@@H]2C[C@@H]3CC(=O)CC[C@H]3[C@H](/C=C/c3ccc(-c4cccc(C(F)(F)F)c4)cn3)[C@H]12.C[C@H]1OC(=O)[C@@H]2C[C@@H]3C[C@@H](N)CC[C@H]3[C@H](/C=C/c3ccc(-c4cccc(C(F)(F)F)c4)cn3)[C@H]12.C[C@H]1OC(=O)[C@@H]2C[C@@H]3C[C@H](N)CC[C@H]3[C@H](/C=C/c3ccc(-c4cccc(C(F)(F)F)c4)cn3)[C@H]12. The molecule has 4 N–H and O–H groups in total. The molecule has 3 aliphatic heterocycles. The molecule has 21 heteroatoms. The number of pyridine rings is 3. The molecule has 20 atom stereocenters. The number of Topliss-reactive ketones (excluding diaryl/α,β-unsaturated/α-hetero) is 1. The highest BCUT2D eigenvalue weighted by Crippen LogP contribution is 2.57. The Kier molecular flexibility index (Phi) is 20.8. The van der Waals surface area contributed by atoms with Crippen LogP contribution >= 0.6 is 0 Å². The summed E-state index contributed by atoms with van der Waals surface area (Å²) in [6, 6.07) is 26.9. The van der Waals surface area contributed by atoms with Gasteiger partial charge in [0.15, 0.2) is 0 Å². The molecule has 0 radical (unpaired) electrons. The van der Waals surface area contributed by atoms with E-state index >= 15 is 0 Å². The summed E-state index contributed by atoms with van der Waals surface area (Å²) in [6.07, 6.45) is 13.9. The number of nitrogens with two attached hydrogens (primary N) is 2. The van der Waals surface area contributed by atoms with E-state index in [1.165, 1.54) is 18.2 Å². The van der Waals surface area contributed by atoms with Gasteiger partial charge in [0, 0.05) is 78.0 Å². The summed E-state index contributed by atoms with van der Waals surface area (Å²) in [7, 11) is 0. The Morgan fingerprint density at radius 1 is 0.402 bits per heavy atom. The average Bonchev–Trinajstić information content (AvgIpc) is 1.57. The van der Waals surface area contributed by atoms with Crippen LogP contribution in [0.15, 0.2) is 146 Å². The average molecular weight is 1410 g/mol. The Labute approximate surface area is 587 Å². The van der Waals surface area contributed by atoms with Crippen molar-refractivity contribution in [3.63, 3.8) is 0 Å². The number of alkyl halides is 9. The lowest BCUT2D eigenvalue weighted by Crippen LogP contribution is -2.46. The number of esters is 3. The van der Waals surface area contributed by atoms with Crippen LogP contribution in [-0.2, 0) is 51.9 Å². The molecule has 15 rings (SSSR count). The number of nitrogens with zero attached hydrogens (tertiary/aromatic N) is 3. The van der Waals surface area contributed by atoms with Crippen molar-refractivity contribution in [2.24, 2.45) is 100 Å². The summed E-state index contributed by atoms with van der Waals surface area (Å²) < 4.78 is 134. The van der Waals surface area contributed by atoms with Gasteiger partial charge in [-0.05, 0) is 228 Å². The topological polar surface area (TPSA) is 187 Å². The maximum atomic E-state index is 13.0. The number of rotatable bonds is 9. The number of ether oxygens (including phenoxy) is 3. The van der Waals surface area contributed by atoms with E-state index < -0.39 is 35.2 Å². The second-order valence-corrected chi connectivity index (χ2v) is 29.8. The summed E-state index contributed by atoms with van der Waals surface area (Å²) in [4.78, 5) is 62.9. The van der Waals surface area contributed by atoms with E-state index in [1.807, 2.05) is 51.1 Å². The predicted molar refractivity (Wildman–Crippen MR) is 367 cm³/mol. The summed E-state index contributed by atoms with van der Waals surface area (Å²) in [5.74, 6) is 2.87. The first-order valence-corrected chi connectivity index (χ1v) is 35.7. The van der Waals surface area contributed by atoms with Crippen LogP contribution in [0.2, 0.25) is 0 Å². The molecule has 6 aromatic rings. The fraction of sp³-hybridized carbons (Fsp3) is 0.469. The maximum absolute atomic E-state index is 13.0. The Morgan fingerprint density at radius 3 is 1.04 bits per heavy atom. The number of hydrogen-bond donors (Lipinski definition) is 2. The Balaban J connectivity index is 0.000000137. The molecule has 9 fully saturated rings. The number of hydrogen-bond acceptors (Lipinski definition) is 12. The van der Waals surface area contributed by atoms with Gasteiger partial charge in [0.1, 0.15) is 24.1 Å². The molecule has 6 heterocycles. The van der Waals surface area contributed by atoms with E-state index in [0.29, 0.717) is 81.5 Å². The molecular formula is C81H84F9N5O7. The number of carbonyl (C=O) groups is 4. The van der Waals surface area contributed by atoms with Gasteiger partial charge in [-0.3, -0.25) is 34.1 Å². The van der Waals surface area contributed by atoms with Crippen LogP contribution in [-0.4, -0.2) is 69.0 Å². The van der Waals surface area contributed by atoms with Gasteiger partial charge in [-0.2, -0.15) is 39.5 Å². The number of carbonyl (C=O) groups excluding carboxylic acids is 4. The summed E-state index contributed by atoms with van der Waals surface area (Å²) in [6.45, 7) is 5.92. The Hall–Kier alpha value is -8.30. The van der Waals surface area contributed by atoms with Crippen molar-refractivity contribution in [2.75, 3.05) is 0 Å². The van der Waals surface area contributed by atoms with Crippen molar-refractivity contribution in [1.82, 2.24) is 15.0 Å². The van der Waals surface area contributed by atoms with Gasteiger partial charge in [0.25, 0.3) is 0 Å². The molecule has 538 valence electrons. The number of halogens is 9. The van der Waals surface area contributed by atoms with Crippen molar-refractivity contribution in [3.05, 3.63) is 180 Å². The number of cyclic esters (lactones) is 3. The molecule has 0 spiro atoms. The van der Waals surface area contributed by atoms with Crippen LogP contribution in [0.4, 0.5) is 39.5 Å². The number of allylic oxidation sites excluding steroid dienone is 3. The van der Waals surface area contributed by atoms with Gasteiger partial charge >= 0.3 is 36.4 Å². The van der Waals surface area contributed by atoms with E-state index in [9.17, 15) is 58.7 Å². The minimum absolute atomic E-state index is 0.0764. The van der Waals surface area contributed by atoms with Crippen LogP contribution < -0.4 is 11.5 Å². The molecule has 0 unspecified atom stereocenters. The van der Waals surface area contributed by atoms with Crippen molar-refractivity contribution >= 4 is 41.9 Å². The van der Waals surface area contributed by atoms with E-state index in [-0.39, 0.29) is 113 Å². The molecule has 9 aliphatic rings. The molecule has 6 aliphatic carbocycles. The second kappa shape index (κ2) is 29.4. The zero-order chi connectivity index (χ0) is 72.1. The lowest BCUT2D eigenvalue weighted by molar-refractivity contribution is -0.145. The minimum Gasteiger partial charge on any atom is -0.462 e. The largest absolute Gasteiger partial charge is 0.462 e. The summed E-state index contributed by atoms with van der Waals surface area (Å²) in [5.41, 5.74) is 15.9. The molecule has 102 heavy (non-hydrogen) atoms. The highest BCUT2D eigenvalue weighted by atomic mass is 19.4. The van der Waals surface area contributed by atoms with Gasteiger partial charge in [0.05, 0.1) is 51.5 Å². The summed E-state index contributed by atoms with van der Waals surface area (Å²) >= 11 is 0. The third kappa shape index (κ3) is 15.6. The fourth-order valence-corrected chi connectivity index (χ4v) is 19.0. The zero-order valence-electron chi connectivity index (χ0n) is 56.9. The van der Waals surface area contributed by atoms with Crippen molar-refractivity contribution < 1.29 is 72.9 Å². The standard InChI is InChI=1S/2C27H29F3N2O2.C27H26F3NO3/c2*1-15-25-23(22-9-6-20(31)12-18(22)13-24(25)26(33)34-15)10-8-21-7-5-17(14-32-21)16-3-2-4-19(11-16)27(28,29)30;1-15-25-23(22-10-8-21(32)12-18(22)13-24(25)26(33)34-15)9-7-20-6-5-17(14-31-20)16-3-2-4-19(11-16)27(28,29)30/h2*2-5,7-8,10-11,14-15,18,20,22-25H,6,9,12-13,31H2,1H3;2-7,9,11,14-15,18,22-25H,8,10,12-13H2,1H3/b2*10-8+;9-7+/t15-,18+,20+,22-,23+,24-,25+;15-,18+,20-,22-,23+,24-,25+;15-,18+,22-,23+,24-,25+/m111/s1. The smallest absolute Gasteiger partial charge is 0.416 e. The van der Waals surface area contributed by atoms with E-state index in [4.69, 9.17) is 25.7 Å². The van der Waals surface area contributed by atoms with Gasteiger partial charge in [0.2, 0.25) is 0 Å². The molecule has 12 nitrogen and oxygen atoms in total. The molecular weight excluding hydrogens is 1330 g/mol. The van der Waals surface area contributed by atoms with E-state index in [0.717, 1.165) is 112 Å². The highest BCUT2D eigenvalue weighted by molar-refractivity contribution is 5.81. The van der Waals surface area contributed by atoms with Gasteiger partial charge in [-0.25, -0.2) is 0 Å². The van der Waals surface area contributed by atoms with Crippen LogP contribution in [0.1, 0.15) is 132 Å². The zero-order valence-corrected chi connectivity index (χ0v) is 56.9. The number of fused-ring (bicyclic) bond motifs is 6. The molecule has 6 saturated carbocycles. The van der Waals surface area contributed by atoms with Crippen LogP contribution in [0.5, 0.6) is 0 Å². The number of aromatic nitrogens is 3. The predicted octanol–water partition coefficient (Wildman–Crippen LogP) is 17.4. The number of ketones is 1. The molecule has 3 aromatic carbocycles. The van der Waals surface area contributed by atoms with Crippen LogP contribution in [0, 0.1) is 88.8 Å². The first-order chi connectivity index (χ1) is 48.6. The van der Waals surface area contributed by atoms with Crippen molar-refractivity contribution in [1.29, 1.82) is 0 Å². The molecule has 3 saturated heterocycles. The number of benzene rings is 3. The van der Waals surface area contributed by atoms with Crippen LogP contribution in [0.25, 0.3) is 51.6 Å². The molecule has 3 aromatic heterocycles. The molecule has 0 amide bonds. The van der Waals surface area contributed by atoms with Crippen molar-refractivity contribution in [2.45, 2.75) is 147 Å². The summed E-state index contributed by atoms with van der Waals surface area (Å²) in [5, 5.41) is 0. The lowest BCUT2D eigenvalue weighted by atomic mass is 9.57. The third-order valence-electron chi connectivity index (χ3n) is 23.7. The minimum atomic E-state index is -4.39. The third-order valence-corrected chi connectivity index (χ3v) is 23.7. The van der Waals surface area contributed by atoms with Crippen LogP contribution in [0.3, 0.4) is 0 Å². The first kappa shape index (κ1) is 72.1. The van der Waals surface area contributed by atoms with Gasteiger partial charge < -0.3 is 25.7 Å². The van der Waals surface area contributed by atoms with E-state index in [1.54, 1.807) is 61.1 Å². The second-order valence-electron chi connectivity index (χ2n) is 29.8. The maximum Gasteiger partial charge on any atom is 0.416 e. The van der Waals surface area contributed by atoms with Gasteiger partial charge in [-0.1, -0.05) is 72.8 Å². The Morgan fingerprint density at radius 2 is 0.725 bits per heavy atom. The fourth-order valence-electron chi connectivity index (χ4n) is 19.0. The molecule has 0 bridgehead atoms. The first-order valence-electron chi connectivity index (χ1n) is 35.7. The quantitative estimate of drug-likeness (QED) is 0.0794. The lowest BCUT2D eigenvalue weighted by Gasteiger charge is -2.47. The Bertz CT molecular complexity index is 3950. The monoisotopic (exact) mass is 1410 g/mol.